The standard InChI is InChI=1S/C16H29N3O/c1-4-11-19(12-5-2)16(20)14-18(6-3)13-15-7-9-17-10-8-15/h4-5,15,17H,1-2,6-14H2,3H3. The molecule has 4 heteroatoms. The third-order valence-corrected chi connectivity index (χ3v) is 3.83. The van der Waals surface area contributed by atoms with Gasteiger partial charge in [-0.25, -0.2) is 0 Å². The van der Waals surface area contributed by atoms with E-state index in [2.05, 4.69) is 30.3 Å². The molecule has 1 aliphatic rings. The Balaban J connectivity index is 2.45. The monoisotopic (exact) mass is 279 g/mol. The Kier molecular flexibility index (Phi) is 8.23. The number of hydrogen-bond acceptors (Lipinski definition) is 3. The number of nitrogens with one attached hydrogen (secondary N) is 1. The maximum atomic E-state index is 12.3. The zero-order chi connectivity index (χ0) is 14.8. The second-order valence-corrected chi connectivity index (χ2v) is 5.40. The highest BCUT2D eigenvalue weighted by Crippen LogP contribution is 2.13. The molecule has 0 unspecified atom stereocenters. The van der Waals surface area contributed by atoms with E-state index in [1.165, 1.54) is 12.8 Å². The maximum absolute atomic E-state index is 12.3. The molecule has 20 heavy (non-hydrogen) atoms. The fourth-order valence-electron chi connectivity index (χ4n) is 2.62. The van der Waals surface area contributed by atoms with Crippen LogP contribution in [0.5, 0.6) is 0 Å². The lowest BCUT2D eigenvalue weighted by Crippen LogP contribution is -2.43. The summed E-state index contributed by atoms with van der Waals surface area (Å²) in [4.78, 5) is 16.4. The fourth-order valence-corrected chi connectivity index (χ4v) is 2.62. The second-order valence-electron chi connectivity index (χ2n) is 5.40. The van der Waals surface area contributed by atoms with Gasteiger partial charge in [-0.2, -0.15) is 0 Å². The van der Waals surface area contributed by atoms with E-state index in [-0.39, 0.29) is 5.91 Å². The number of carbonyl (C=O) groups is 1. The molecule has 114 valence electrons. The van der Waals surface area contributed by atoms with E-state index in [0.717, 1.165) is 32.1 Å². The van der Waals surface area contributed by atoms with Crippen LogP contribution in [0, 0.1) is 5.92 Å². The van der Waals surface area contributed by atoms with E-state index in [1.54, 1.807) is 17.1 Å². The van der Waals surface area contributed by atoms with Crippen LogP contribution in [-0.4, -0.2) is 61.5 Å². The van der Waals surface area contributed by atoms with Crippen LogP contribution in [0.3, 0.4) is 0 Å². The van der Waals surface area contributed by atoms with Gasteiger partial charge in [-0.3, -0.25) is 9.69 Å². The molecule has 1 saturated heterocycles. The van der Waals surface area contributed by atoms with Gasteiger partial charge in [0.25, 0.3) is 0 Å². The number of carbonyl (C=O) groups excluding carboxylic acids is 1. The Bertz CT molecular complexity index is 301. The van der Waals surface area contributed by atoms with Crippen molar-refractivity contribution in [2.24, 2.45) is 5.92 Å². The molecule has 0 spiro atoms. The lowest BCUT2D eigenvalue weighted by molar-refractivity contribution is -0.131. The molecule has 1 fully saturated rings. The summed E-state index contributed by atoms with van der Waals surface area (Å²) >= 11 is 0. The van der Waals surface area contributed by atoms with Crippen molar-refractivity contribution in [3.05, 3.63) is 25.3 Å². The molecular weight excluding hydrogens is 250 g/mol. The Morgan fingerprint density at radius 1 is 1.25 bits per heavy atom. The minimum absolute atomic E-state index is 0.167. The van der Waals surface area contributed by atoms with Crippen molar-refractivity contribution < 1.29 is 4.79 Å². The zero-order valence-corrected chi connectivity index (χ0v) is 12.8. The zero-order valence-electron chi connectivity index (χ0n) is 12.8. The van der Waals surface area contributed by atoms with E-state index in [1.807, 2.05) is 0 Å². The van der Waals surface area contributed by atoms with E-state index >= 15 is 0 Å². The van der Waals surface area contributed by atoms with E-state index < -0.39 is 0 Å². The molecule has 1 heterocycles. The van der Waals surface area contributed by atoms with Crippen molar-refractivity contribution >= 4 is 5.91 Å². The molecule has 0 radical (unpaired) electrons. The Morgan fingerprint density at radius 2 is 1.85 bits per heavy atom. The first-order valence-electron chi connectivity index (χ1n) is 7.63. The minimum Gasteiger partial charge on any atom is -0.334 e. The van der Waals surface area contributed by atoms with Crippen LogP contribution in [-0.2, 0) is 4.79 Å². The van der Waals surface area contributed by atoms with Crippen molar-refractivity contribution in [1.29, 1.82) is 0 Å². The Hall–Kier alpha value is -1.13. The molecule has 0 aromatic rings. The summed E-state index contributed by atoms with van der Waals surface area (Å²) in [7, 11) is 0. The van der Waals surface area contributed by atoms with Gasteiger partial charge in [-0.15, -0.1) is 13.2 Å². The third kappa shape index (κ3) is 5.88. The van der Waals surface area contributed by atoms with Gasteiger partial charge in [0.1, 0.15) is 0 Å². The van der Waals surface area contributed by atoms with E-state index in [4.69, 9.17) is 0 Å². The van der Waals surface area contributed by atoms with E-state index in [9.17, 15) is 4.79 Å². The van der Waals surface area contributed by atoms with Crippen LogP contribution in [0.1, 0.15) is 19.8 Å². The SMILES string of the molecule is C=CCN(CC=C)C(=O)CN(CC)CC1CCNCC1. The van der Waals surface area contributed by atoms with Crippen LogP contribution in [0.15, 0.2) is 25.3 Å². The smallest absolute Gasteiger partial charge is 0.237 e. The number of nitrogens with zero attached hydrogens (tertiary/aromatic N) is 2. The number of hydrogen-bond donors (Lipinski definition) is 1. The lowest BCUT2D eigenvalue weighted by Gasteiger charge is -2.30. The number of piperidine rings is 1. The van der Waals surface area contributed by atoms with Crippen LogP contribution >= 0.6 is 0 Å². The molecule has 1 N–H and O–H groups in total. The van der Waals surface area contributed by atoms with Crippen molar-refractivity contribution in [2.45, 2.75) is 19.8 Å². The number of likely N-dealkylation sites (N-methyl/N-ethyl adjacent to an activating group) is 1. The van der Waals surface area contributed by atoms with Gasteiger partial charge in [0.05, 0.1) is 6.54 Å². The average Bonchev–Trinajstić information content (AvgIpc) is 2.47. The Morgan fingerprint density at radius 3 is 2.35 bits per heavy atom. The van der Waals surface area contributed by atoms with Crippen LogP contribution in [0.2, 0.25) is 0 Å². The maximum Gasteiger partial charge on any atom is 0.237 e. The summed E-state index contributed by atoms with van der Waals surface area (Å²) in [5.41, 5.74) is 0. The van der Waals surface area contributed by atoms with Gasteiger partial charge in [0.15, 0.2) is 0 Å². The molecule has 0 saturated carbocycles. The second kappa shape index (κ2) is 9.72. The van der Waals surface area contributed by atoms with Crippen LogP contribution < -0.4 is 5.32 Å². The number of rotatable bonds is 9. The molecule has 0 aromatic heterocycles. The van der Waals surface area contributed by atoms with E-state index in [0.29, 0.717) is 19.6 Å². The summed E-state index contributed by atoms with van der Waals surface area (Å²) < 4.78 is 0. The topological polar surface area (TPSA) is 35.6 Å². The molecule has 4 nitrogen and oxygen atoms in total. The van der Waals surface area contributed by atoms with Crippen molar-refractivity contribution in [3.8, 4) is 0 Å². The van der Waals surface area contributed by atoms with Gasteiger partial charge in [0.2, 0.25) is 5.91 Å². The highest BCUT2D eigenvalue weighted by Gasteiger charge is 2.19. The Labute approximate surface area is 123 Å². The van der Waals surface area contributed by atoms with Crippen LogP contribution in [0.4, 0.5) is 0 Å². The highest BCUT2D eigenvalue weighted by atomic mass is 16.2. The average molecular weight is 279 g/mol. The first-order valence-corrected chi connectivity index (χ1v) is 7.63. The summed E-state index contributed by atoms with van der Waals surface area (Å²) in [5, 5.41) is 3.38. The molecule has 0 bridgehead atoms. The highest BCUT2D eigenvalue weighted by molar-refractivity contribution is 5.78. The molecule has 0 atom stereocenters. The van der Waals surface area contributed by atoms with Crippen molar-refractivity contribution in [1.82, 2.24) is 15.1 Å². The predicted molar refractivity (Wildman–Crippen MR) is 84.7 cm³/mol. The van der Waals surface area contributed by atoms with Gasteiger partial charge < -0.3 is 10.2 Å². The first kappa shape index (κ1) is 16.9. The van der Waals surface area contributed by atoms with Crippen LogP contribution in [0.25, 0.3) is 0 Å². The normalized spacial score (nSPS) is 16.1. The minimum atomic E-state index is 0.167. The van der Waals surface area contributed by atoms with Gasteiger partial charge >= 0.3 is 0 Å². The largest absolute Gasteiger partial charge is 0.334 e. The summed E-state index contributed by atoms with van der Waals surface area (Å²) in [6.45, 7) is 15.4. The summed E-state index contributed by atoms with van der Waals surface area (Å²) in [5.74, 6) is 0.886. The summed E-state index contributed by atoms with van der Waals surface area (Å²) in [6, 6.07) is 0. The molecule has 0 aliphatic carbocycles. The quantitative estimate of drug-likeness (QED) is 0.650. The molecular formula is C16H29N3O. The van der Waals surface area contributed by atoms with Gasteiger partial charge in [-0.05, 0) is 38.4 Å². The molecule has 0 aromatic carbocycles. The predicted octanol–water partition coefficient (Wildman–Crippen LogP) is 1.51. The van der Waals surface area contributed by atoms with Crippen molar-refractivity contribution in [2.75, 3.05) is 45.8 Å². The third-order valence-electron chi connectivity index (χ3n) is 3.83. The van der Waals surface area contributed by atoms with Gasteiger partial charge in [-0.1, -0.05) is 19.1 Å². The molecule has 1 aliphatic heterocycles. The first-order chi connectivity index (χ1) is 9.71. The molecule has 1 amide bonds. The fraction of sp³-hybridized carbons (Fsp3) is 0.688. The molecule has 1 rings (SSSR count). The lowest BCUT2D eigenvalue weighted by atomic mass is 9.97. The van der Waals surface area contributed by atoms with Crippen molar-refractivity contribution in [3.63, 3.8) is 0 Å². The number of amides is 1. The summed E-state index contributed by atoms with van der Waals surface area (Å²) in [6.07, 6.45) is 5.97. The van der Waals surface area contributed by atoms with Gasteiger partial charge in [0, 0.05) is 19.6 Å².